The van der Waals surface area contributed by atoms with Crippen LogP contribution in [0.5, 0.6) is 5.75 Å². The number of amides is 1. The number of hydrogen-bond donors (Lipinski definition) is 3. The molecular weight excluding hydrogens is 370 g/mol. The molecular formula is C18H20BrN3O2. The van der Waals surface area contributed by atoms with Crippen molar-refractivity contribution in [3.8, 4) is 5.75 Å². The summed E-state index contributed by atoms with van der Waals surface area (Å²) in [6.45, 7) is 2.62. The Morgan fingerprint density at radius 3 is 2.54 bits per heavy atom. The maximum Gasteiger partial charge on any atom is 0.242 e. The number of benzene rings is 2. The largest absolute Gasteiger partial charge is 0.494 e. The van der Waals surface area contributed by atoms with E-state index in [1.165, 1.54) is 0 Å². The lowest BCUT2D eigenvalue weighted by Gasteiger charge is -2.11. The van der Waals surface area contributed by atoms with E-state index in [9.17, 15) is 4.79 Å². The van der Waals surface area contributed by atoms with Crippen LogP contribution in [0, 0.1) is 0 Å². The van der Waals surface area contributed by atoms with Gasteiger partial charge in [-0.05, 0) is 55.3 Å². The van der Waals surface area contributed by atoms with Gasteiger partial charge in [0, 0.05) is 16.2 Å². The highest BCUT2D eigenvalue weighted by molar-refractivity contribution is 9.10. The molecule has 3 N–H and O–H groups in total. The number of anilines is 1. The van der Waals surface area contributed by atoms with Crippen molar-refractivity contribution in [1.29, 1.82) is 0 Å². The summed E-state index contributed by atoms with van der Waals surface area (Å²) in [7, 11) is 0. The minimum absolute atomic E-state index is 0.0433. The van der Waals surface area contributed by atoms with Gasteiger partial charge >= 0.3 is 0 Å². The molecule has 2 aromatic carbocycles. The van der Waals surface area contributed by atoms with Gasteiger partial charge in [-0.3, -0.25) is 4.79 Å². The highest BCUT2D eigenvalue weighted by atomic mass is 79.9. The third kappa shape index (κ3) is 4.14. The van der Waals surface area contributed by atoms with Crippen LogP contribution in [0.4, 0.5) is 5.69 Å². The maximum absolute atomic E-state index is 12.4. The second-order valence-corrected chi connectivity index (χ2v) is 6.54. The smallest absolute Gasteiger partial charge is 0.242 e. The van der Waals surface area contributed by atoms with Crippen molar-refractivity contribution in [2.24, 2.45) is 0 Å². The molecule has 5 nitrogen and oxygen atoms in total. The zero-order valence-corrected chi connectivity index (χ0v) is 15.0. The summed E-state index contributed by atoms with van der Waals surface area (Å²) in [6, 6.07) is 15.3. The van der Waals surface area contributed by atoms with E-state index in [1.54, 1.807) is 0 Å². The van der Waals surface area contributed by atoms with Gasteiger partial charge in [0.25, 0.3) is 0 Å². The molecule has 0 spiro atoms. The average Bonchev–Trinajstić information content (AvgIpc) is 3.08. The monoisotopic (exact) mass is 389 g/mol. The molecule has 0 radical (unpaired) electrons. The Morgan fingerprint density at radius 2 is 1.88 bits per heavy atom. The fourth-order valence-corrected chi connectivity index (χ4v) is 2.94. The first-order chi connectivity index (χ1) is 11.7. The van der Waals surface area contributed by atoms with Gasteiger partial charge < -0.3 is 10.1 Å². The second kappa shape index (κ2) is 7.79. The first kappa shape index (κ1) is 17.0. The quantitative estimate of drug-likeness (QED) is 0.733. The predicted octanol–water partition coefficient (Wildman–Crippen LogP) is 3.39. The Kier molecular flexibility index (Phi) is 5.50. The topological polar surface area (TPSA) is 62.4 Å². The molecule has 0 bridgehead atoms. The minimum atomic E-state index is -0.273. The van der Waals surface area contributed by atoms with Crippen molar-refractivity contribution in [1.82, 2.24) is 10.9 Å². The SMILES string of the molecule is CCOc1ccc(C2CC(C(=O)Nc3ccc(Br)cc3)NN2)cc1. The van der Waals surface area contributed by atoms with Gasteiger partial charge in [-0.25, -0.2) is 10.9 Å². The molecule has 0 aromatic heterocycles. The minimum Gasteiger partial charge on any atom is -0.494 e. The zero-order valence-electron chi connectivity index (χ0n) is 13.4. The van der Waals surface area contributed by atoms with Gasteiger partial charge in [0.15, 0.2) is 0 Å². The molecule has 1 saturated heterocycles. The molecule has 1 aliphatic heterocycles. The van der Waals surface area contributed by atoms with E-state index in [2.05, 4.69) is 32.1 Å². The summed E-state index contributed by atoms with van der Waals surface area (Å²) in [5, 5.41) is 2.93. The number of hydrazine groups is 1. The highest BCUT2D eigenvalue weighted by Crippen LogP contribution is 2.25. The molecule has 1 aliphatic rings. The summed E-state index contributed by atoms with van der Waals surface area (Å²) in [5.41, 5.74) is 8.18. The van der Waals surface area contributed by atoms with Gasteiger partial charge in [-0.2, -0.15) is 0 Å². The van der Waals surface area contributed by atoms with Crippen molar-refractivity contribution in [2.45, 2.75) is 25.4 Å². The number of nitrogens with one attached hydrogen (secondary N) is 3. The van der Waals surface area contributed by atoms with Gasteiger partial charge in [0.05, 0.1) is 6.61 Å². The molecule has 24 heavy (non-hydrogen) atoms. The van der Waals surface area contributed by atoms with Crippen molar-refractivity contribution in [3.05, 3.63) is 58.6 Å². The van der Waals surface area contributed by atoms with Crippen molar-refractivity contribution in [3.63, 3.8) is 0 Å². The van der Waals surface area contributed by atoms with Crippen LogP contribution in [-0.4, -0.2) is 18.6 Å². The predicted molar refractivity (Wildman–Crippen MR) is 97.8 cm³/mol. The molecule has 0 aliphatic carbocycles. The first-order valence-corrected chi connectivity index (χ1v) is 8.75. The van der Waals surface area contributed by atoms with Crippen molar-refractivity contribution >= 4 is 27.5 Å². The van der Waals surface area contributed by atoms with Crippen LogP contribution in [0.25, 0.3) is 0 Å². The Hall–Kier alpha value is -1.89. The van der Waals surface area contributed by atoms with E-state index in [0.717, 1.165) is 21.5 Å². The average molecular weight is 390 g/mol. The van der Waals surface area contributed by atoms with E-state index in [0.29, 0.717) is 13.0 Å². The Morgan fingerprint density at radius 1 is 1.17 bits per heavy atom. The fraction of sp³-hybridized carbons (Fsp3) is 0.278. The van der Waals surface area contributed by atoms with Crippen LogP contribution in [0.3, 0.4) is 0 Å². The highest BCUT2D eigenvalue weighted by Gasteiger charge is 2.30. The van der Waals surface area contributed by atoms with Gasteiger partial charge in [0.2, 0.25) is 5.91 Å². The van der Waals surface area contributed by atoms with Gasteiger partial charge in [0.1, 0.15) is 11.8 Å². The molecule has 3 rings (SSSR count). The summed E-state index contributed by atoms with van der Waals surface area (Å²) in [6.07, 6.45) is 0.691. The number of rotatable bonds is 5. The van der Waals surface area contributed by atoms with E-state index >= 15 is 0 Å². The third-order valence-corrected chi connectivity index (χ3v) is 4.45. The summed E-state index contributed by atoms with van der Waals surface area (Å²) in [4.78, 5) is 12.4. The lowest BCUT2D eigenvalue weighted by molar-refractivity contribution is -0.117. The summed E-state index contributed by atoms with van der Waals surface area (Å²) < 4.78 is 6.44. The van der Waals surface area contributed by atoms with Gasteiger partial charge in [-0.1, -0.05) is 28.1 Å². The summed E-state index contributed by atoms with van der Waals surface area (Å²) >= 11 is 3.38. The van der Waals surface area contributed by atoms with Crippen LogP contribution >= 0.6 is 15.9 Å². The molecule has 2 aromatic rings. The standard InChI is InChI=1S/C18H20BrN3O2/c1-2-24-15-9-3-12(4-10-15)16-11-17(22-21-16)18(23)20-14-7-5-13(19)6-8-14/h3-10,16-17,21-22H,2,11H2,1H3,(H,20,23). The van der Waals surface area contributed by atoms with Crippen molar-refractivity contribution < 1.29 is 9.53 Å². The van der Waals surface area contributed by atoms with E-state index in [4.69, 9.17) is 4.74 Å². The van der Waals surface area contributed by atoms with Crippen LogP contribution in [-0.2, 0) is 4.79 Å². The Labute approximate surface area is 149 Å². The molecule has 1 amide bonds. The molecule has 2 unspecified atom stereocenters. The molecule has 2 atom stereocenters. The van der Waals surface area contributed by atoms with E-state index in [-0.39, 0.29) is 18.0 Å². The van der Waals surface area contributed by atoms with E-state index < -0.39 is 0 Å². The lowest BCUT2D eigenvalue weighted by Crippen LogP contribution is -2.39. The maximum atomic E-state index is 12.4. The second-order valence-electron chi connectivity index (χ2n) is 5.63. The molecule has 1 heterocycles. The van der Waals surface area contributed by atoms with Crippen LogP contribution in [0.2, 0.25) is 0 Å². The summed E-state index contributed by atoms with van der Waals surface area (Å²) in [5.74, 6) is 0.815. The van der Waals surface area contributed by atoms with Crippen LogP contribution < -0.4 is 20.9 Å². The fourth-order valence-electron chi connectivity index (χ4n) is 2.67. The Bertz CT molecular complexity index is 688. The van der Waals surface area contributed by atoms with Crippen LogP contribution in [0.1, 0.15) is 24.9 Å². The molecule has 6 heteroatoms. The van der Waals surface area contributed by atoms with E-state index in [1.807, 2.05) is 55.5 Å². The van der Waals surface area contributed by atoms with Crippen LogP contribution in [0.15, 0.2) is 53.0 Å². The number of carbonyl (C=O) groups excluding carboxylic acids is 1. The number of halogens is 1. The first-order valence-electron chi connectivity index (χ1n) is 7.96. The normalized spacial score (nSPS) is 19.9. The number of carbonyl (C=O) groups is 1. The molecule has 0 saturated carbocycles. The van der Waals surface area contributed by atoms with Crippen molar-refractivity contribution in [2.75, 3.05) is 11.9 Å². The lowest BCUT2D eigenvalue weighted by atomic mass is 10.0. The zero-order chi connectivity index (χ0) is 16.9. The molecule has 1 fully saturated rings. The third-order valence-electron chi connectivity index (χ3n) is 3.92. The molecule has 126 valence electrons. The Balaban J connectivity index is 1.58. The number of ether oxygens (including phenoxy) is 1. The number of hydrogen-bond acceptors (Lipinski definition) is 4. The van der Waals surface area contributed by atoms with Gasteiger partial charge in [-0.15, -0.1) is 0 Å².